The van der Waals surface area contributed by atoms with Gasteiger partial charge in [0.25, 0.3) is 0 Å². The molecule has 0 atom stereocenters. The predicted octanol–water partition coefficient (Wildman–Crippen LogP) is 5.41. The van der Waals surface area contributed by atoms with Gasteiger partial charge in [0.2, 0.25) is 0 Å². The average Bonchev–Trinajstić information content (AvgIpc) is 2.66. The molecule has 146 valence electrons. The smallest absolute Gasteiger partial charge is 0.186 e. The lowest BCUT2D eigenvalue weighted by molar-refractivity contribution is 0.415. The molecule has 0 unspecified atom stereocenters. The molecule has 1 aromatic carbocycles. The third-order valence-corrected chi connectivity index (χ3v) is 4.55. The average molecular weight is 378 g/mol. The summed E-state index contributed by atoms with van der Waals surface area (Å²) >= 11 is 5.22. The molecular weight excluding hydrogens is 342 g/mol. The lowest BCUT2D eigenvalue weighted by Gasteiger charge is -2.07. The Hall–Kier alpha value is -1.62. The van der Waals surface area contributed by atoms with E-state index in [1.807, 2.05) is 24.3 Å². The first-order valence-corrected chi connectivity index (χ1v) is 10.4. The fourth-order valence-electron chi connectivity index (χ4n) is 2.71. The van der Waals surface area contributed by atoms with Crippen LogP contribution in [0.3, 0.4) is 0 Å². The Labute approximate surface area is 164 Å². The molecule has 0 aromatic heterocycles. The summed E-state index contributed by atoms with van der Waals surface area (Å²) in [5.41, 5.74) is 3.85. The van der Waals surface area contributed by atoms with Crippen LogP contribution in [0.25, 0.3) is 0 Å². The Kier molecular flexibility index (Phi) is 13.5. The minimum Gasteiger partial charge on any atom is -0.497 e. The Balaban J connectivity index is 1.95. The van der Waals surface area contributed by atoms with Crippen LogP contribution in [-0.4, -0.2) is 25.0 Å². The van der Waals surface area contributed by atoms with Crippen LogP contribution in [-0.2, 0) is 0 Å². The van der Waals surface area contributed by atoms with Crippen molar-refractivity contribution in [3.8, 4) is 5.75 Å². The van der Waals surface area contributed by atoms with E-state index in [1.165, 1.54) is 57.8 Å². The molecule has 5 heteroatoms. The summed E-state index contributed by atoms with van der Waals surface area (Å²) in [4.78, 5) is 0. The Morgan fingerprint density at radius 1 is 0.962 bits per heavy atom. The van der Waals surface area contributed by atoms with Crippen LogP contribution in [0.4, 0.5) is 0 Å². The quantitative estimate of drug-likeness (QED) is 0.197. The maximum atomic E-state index is 5.22. The van der Waals surface area contributed by atoms with E-state index in [4.69, 9.17) is 17.0 Å². The number of nitrogens with zero attached hydrogens (tertiary/aromatic N) is 1. The van der Waals surface area contributed by atoms with Gasteiger partial charge in [0, 0.05) is 6.54 Å². The summed E-state index contributed by atoms with van der Waals surface area (Å²) in [5, 5.41) is 7.92. The molecule has 0 aliphatic rings. The van der Waals surface area contributed by atoms with Crippen LogP contribution < -0.4 is 15.5 Å². The zero-order valence-electron chi connectivity index (χ0n) is 16.4. The van der Waals surface area contributed by atoms with E-state index in [0.29, 0.717) is 5.11 Å². The second-order valence-corrected chi connectivity index (χ2v) is 6.99. The highest BCUT2D eigenvalue weighted by Crippen LogP contribution is 2.10. The van der Waals surface area contributed by atoms with E-state index >= 15 is 0 Å². The highest BCUT2D eigenvalue weighted by Gasteiger charge is 1.95. The summed E-state index contributed by atoms with van der Waals surface area (Å²) in [5.74, 6) is 0.837. The SMILES string of the molecule is CCCCCCCCCCCCNC(=S)NN=Cc1ccc(OC)cc1. The zero-order chi connectivity index (χ0) is 18.9. The second kappa shape index (κ2) is 15.6. The van der Waals surface area contributed by atoms with Gasteiger partial charge in [-0.2, -0.15) is 5.10 Å². The van der Waals surface area contributed by atoms with Crippen LogP contribution in [0.1, 0.15) is 76.7 Å². The van der Waals surface area contributed by atoms with Crippen molar-refractivity contribution in [3.05, 3.63) is 29.8 Å². The molecule has 0 radical (unpaired) electrons. The fourth-order valence-corrected chi connectivity index (χ4v) is 2.86. The number of unbranched alkanes of at least 4 members (excludes halogenated alkanes) is 9. The molecular formula is C21H35N3OS. The monoisotopic (exact) mass is 377 g/mol. The first-order valence-electron chi connectivity index (χ1n) is 9.97. The molecule has 0 fully saturated rings. The summed E-state index contributed by atoms with van der Waals surface area (Å²) in [6, 6.07) is 7.71. The van der Waals surface area contributed by atoms with Gasteiger partial charge in [0.05, 0.1) is 13.3 Å². The van der Waals surface area contributed by atoms with Gasteiger partial charge in [-0.3, -0.25) is 5.43 Å². The van der Waals surface area contributed by atoms with Gasteiger partial charge >= 0.3 is 0 Å². The third-order valence-electron chi connectivity index (χ3n) is 4.31. The topological polar surface area (TPSA) is 45.7 Å². The summed E-state index contributed by atoms with van der Waals surface area (Å²) in [6.07, 6.45) is 15.2. The summed E-state index contributed by atoms with van der Waals surface area (Å²) < 4.78 is 5.13. The Bertz CT molecular complexity index is 502. The van der Waals surface area contributed by atoms with Gasteiger partial charge in [0.1, 0.15) is 5.75 Å². The molecule has 2 N–H and O–H groups in total. The van der Waals surface area contributed by atoms with Crippen molar-refractivity contribution in [2.75, 3.05) is 13.7 Å². The number of ether oxygens (including phenoxy) is 1. The summed E-state index contributed by atoms with van der Waals surface area (Å²) in [7, 11) is 1.66. The number of nitrogens with one attached hydrogen (secondary N) is 2. The second-order valence-electron chi connectivity index (χ2n) is 6.58. The first kappa shape index (κ1) is 22.4. The lowest BCUT2D eigenvalue weighted by atomic mass is 10.1. The molecule has 26 heavy (non-hydrogen) atoms. The molecule has 0 heterocycles. The summed E-state index contributed by atoms with van der Waals surface area (Å²) in [6.45, 7) is 3.17. The molecule has 0 spiro atoms. The molecule has 4 nitrogen and oxygen atoms in total. The number of methoxy groups -OCH3 is 1. The fraction of sp³-hybridized carbons (Fsp3) is 0.619. The third kappa shape index (κ3) is 11.9. The van der Waals surface area contributed by atoms with Crippen LogP contribution in [0.5, 0.6) is 5.75 Å². The highest BCUT2D eigenvalue weighted by atomic mass is 32.1. The van der Waals surface area contributed by atoms with E-state index in [-0.39, 0.29) is 0 Å². The molecule has 0 saturated heterocycles. The van der Waals surface area contributed by atoms with Crippen molar-refractivity contribution >= 4 is 23.5 Å². The number of hydrogen-bond donors (Lipinski definition) is 2. The van der Waals surface area contributed by atoms with Crippen LogP contribution in [0.15, 0.2) is 29.4 Å². The van der Waals surface area contributed by atoms with Crippen molar-refractivity contribution in [3.63, 3.8) is 0 Å². The van der Waals surface area contributed by atoms with Crippen molar-refractivity contribution in [2.24, 2.45) is 5.10 Å². The van der Waals surface area contributed by atoms with Gasteiger partial charge in [-0.15, -0.1) is 0 Å². The number of hydrazone groups is 1. The van der Waals surface area contributed by atoms with E-state index in [1.54, 1.807) is 13.3 Å². The Morgan fingerprint density at radius 2 is 1.54 bits per heavy atom. The van der Waals surface area contributed by atoms with Gasteiger partial charge in [-0.1, -0.05) is 64.7 Å². The molecule has 0 amide bonds. The maximum absolute atomic E-state index is 5.22. The number of benzene rings is 1. The first-order chi connectivity index (χ1) is 12.8. The molecule has 1 rings (SSSR count). The zero-order valence-corrected chi connectivity index (χ0v) is 17.2. The van der Waals surface area contributed by atoms with E-state index in [0.717, 1.165) is 24.3 Å². The van der Waals surface area contributed by atoms with Crippen molar-refractivity contribution in [2.45, 2.75) is 71.1 Å². The highest BCUT2D eigenvalue weighted by molar-refractivity contribution is 7.80. The van der Waals surface area contributed by atoms with E-state index in [9.17, 15) is 0 Å². The lowest BCUT2D eigenvalue weighted by Crippen LogP contribution is -2.32. The molecule has 0 aliphatic carbocycles. The molecule has 1 aromatic rings. The van der Waals surface area contributed by atoms with Crippen molar-refractivity contribution in [1.82, 2.24) is 10.7 Å². The molecule has 0 bridgehead atoms. The minimum absolute atomic E-state index is 0.575. The molecule has 0 aliphatic heterocycles. The van der Waals surface area contributed by atoms with Gasteiger partial charge in [-0.05, 0) is 48.5 Å². The van der Waals surface area contributed by atoms with Crippen molar-refractivity contribution in [1.29, 1.82) is 0 Å². The van der Waals surface area contributed by atoms with Crippen LogP contribution >= 0.6 is 12.2 Å². The predicted molar refractivity (Wildman–Crippen MR) is 116 cm³/mol. The van der Waals surface area contributed by atoms with Crippen LogP contribution in [0.2, 0.25) is 0 Å². The molecule has 0 saturated carbocycles. The largest absolute Gasteiger partial charge is 0.497 e. The van der Waals surface area contributed by atoms with Gasteiger partial charge < -0.3 is 10.1 Å². The number of hydrogen-bond acceptors (Lipinski definition) is 3. The standard InChI is InChI=1S/C21H35N3OS/c1-3-4-5-6-7-8-9-10-11-12-17-22-21(26)24-23-18-19-13-15-20(25-2)16-14-19/h13-16,18H,3-12,17H2,1-2H3,(H2,22,24,26). The van der Waals surface area contributed by atoms with Gasteiger partial charge in [0.15, 0.2) is 5.11 Å². The normalized spacial score (nSPS) is 10.8. The van der Waals surface area contributed by atoms with Crippen molar-refractivity contribution < 1.29 is 4.74 Å². The maximum Gasteiger partial charge on any atom is 0.186 e. The number of thiocarbonyl (C=S) groups is 1. The Morgan fingerprint density at radius 3 is 2.12 bits per heavy atom. The van der Waals surface area contributed by atoms with Gasteiger partial charge in [-0.25, -0.2) is 0 Å². The minimum atomic E-state index is 0.575. The van der Waals surface area contributed by atoms with E-state index < -0.39 is 0 Å². The van der Waals surface area contributed by atoms with Crippen LogP contribution in [0, 0.1) is 0 Å². The van der Waals surface area contributed by atoms with E-state index in [2.05, 4.69) is 22.8 Å². The number of rotatable bonds is 14.